The molecule has 0 N–H and O–H groups in total. The van der Waals surface area contributed by atoms with Crippen molar-refractivity contribution in [1.29, 1.82) is 5.26 Å². The van der Waals surface area contributed by atoms with Gasteiger partial charge in [0.25, 0.3) is 0 Å². The smallest absolute Gasteiger partial charge is 0.127 e. The summed E-state index contributed by atoms with van der Waals surface area (Å²) in [7, 11) is 0. The zero-order valence-electron chi connectivity index (χ0n) is 14.6. The van der Waals surface area contributed by atoms with Crippen molar-refractivity contribution >= 4 is 22.4 Å². The molecule has 0 atom stereocenters. The molecule has 3 aromatic rings. The summed E-state index contributed by atoms with van der Waals surface area (Å²) < 4.78 is 5.94. The molecular weight excluding hydrogens is 306 g/mol. The summed E-state index contributed by atoms with van der Waals surface area (Å²) in [6.07, 6.45) is 2.89. The van der Waals surface area contributed by atoms with Gasteiger partial charge in [-0.05, 0) is 41.8 Å². The second kappa shape index (κ2) is 7.68. The van der Waals surface area contributed by atoms with Crippen LogP contribution in [0.2, 0.25) is 0 Å². The topological polar surface area (TPSA) is 33.0 Å². The summed E-state index contributed by atoms with van der Waals surface area (Å²) in [6, 6.07) is 22.6. The lowest BCUT2D eigenvalue weighted by atomic mass is 9.98. The van der Waals surface area contributed by atoms with Crippen molar-refractivity contribution < 1.29 is 4.74 Å². The minimum absolute atomic E-state index is 0.637. The zero-order chi connectivity index (χ0) is 17.6. The second-order valence-corrected chi connectivity index (χ2v) is 6.08. The van der Waals surface area contributed by atoms with Gasteiger partial charge in [0.15, 0.2) is 0 Å². The number of rotatable bonds is 5. The summed E-state index contributed by atoms with van der Waals surface area (Å²) in [4.78, 5) is 0. The highest BCUT2D eigenvalue weighted by atomic mass is 16.5. The fourth-order valence-corrected chi connectivity index (χ4v) is 2.82. The van der Waals surface area contributed by atoms with Gasteiger partial charge >= 0.3 is 0 Å². The van der Waals surface area contributed by atoms with Crippen molar-refractivity contribution in [1.82, 2.24) is 0 Å². The van der Waals surface area contributed by atoms with Crippen LogP contribution < -0.4 is 4.74 Å². The Hall–Kier alpha value is -3.05. The van der Waals surface area contributed by atoms with Gasteiger partial charge in [0.1, 0.15) is 5.75 Å². The van der Waals surface area contributed by atoms with E-state index in [2.05, 4.69) is 31.2 Å². The van der Waals surface area contributed by atoms with Gasteiger partial charge in [-0.2, -0.15) is 5.26 Å². The Kier molecular flexibility index (Phi) is 5.16. The van der Waals surface area contributed by atoms with E-state index in [4.69, 9.17) is 4.74 Å². The molecule has 0 bridgehead atoms. The fraction of sp³-hybridized carbons (Fsp3) is 0.174. The molecule has 0 amide bonds. The minimum atomic E-state index is 0.637. The summed E-state index contributed by atoms with van der Waals surface area (Å²) in [5, 5.41) is 11.9. The van der Waals surface area contributed by atoms with Crippen LogP contribution in [0.25, 0.3) is 22.4 Å². The van der Waals surface area contributed by atoms with E-state index >= 15 is 0 Å². The van der Waals surface area contributed by atoms with Gasteiger partial charge < -0.3 is 4.74 Å². The average molecular weight is 327 g/mol. The number of nitrogens with zero attached hydrogens (tertiary/aromatic N) is 1. The predicted octanol–water partition coefficient (Wildman–Crippen LogP) is 6.00. The van der Waals surface area contributed by atoms with Gasteiger partial charge in [-0.1, -0.05) is 67.1 Å². The van der Waals surface area contributed by atoms with Crippen LogP contribution in [0.15, 0.2) is 60.7 Å². The highest BCUT2D eigenvalue weighted by molar-refractivity contribution is 6.00. The van der Waals surface area contributed by atoms with E-state index < -0.39 is 0 Å². The first-order valence-corrected chi connectivity index (χ1v) is 8.56. The first-order valence-electron chi connectivity index (χ1n) is 8.56. The molecule has 25 heavy (non-hydrogen) atoms. The van der Waals surface area contributed by atoms with Gasteiger partial charge in [0.05, 0.1) is 18.2 Å². The maximum atomic E-state index is 9.69. The minimum Gasteiger partial charge on any atom is -0.493 e. The number of allylic oxidation sites excluding steroid dienone is 1. The van der Waals surface area contributed by atoms with Crippen molar-refractivity contribution in [2.75, 3.05) is 6.61 Å². The van der Waals surface area contributed by atoms with Gasteiger partial charge in [-0.15, -0.1) is 0 Å². The zero-order valence-corrected chi connectivity index (χ0v) is 14.6. The third-order valence-corrected chi connectivity index (χ3v) is 4.16. The monoisotopic (exact) mass is 327 g/mol. The van der Waals surface area contributed by atoms with E-state index in [0.29, 0.717) is 12.2 Å². The summed E-state index contributed by atoms with van der Waals surface area (Å²) in [5.74, 6) is 0.820. The number of fused-ring (bicyclic) bond motifs is 1. The van der Waals surface area contributed by atoms with Crippen LogP contribution in [0.4, 0.5) is 0 Å². The Morgan fingerprint density at radius 1 is 1.04 bits per heavy atom. The van der Waals surface area contributed by atoms with E-state index in [1.165, 1.54) is 5.56 Å². The first-order chi connectivity index (χ1) is 12.2. The molecule has 2 heteroatoms. The number of hydrogen-bond donors (Lipinski definition) is 0. The standard InChI is InChI=1S/C23H21NO/c1-3-14-25-23-13-12-19-6-4-5-7-21(19)22(23)15-20(16-24)18-10-8-17(2)9-11-18/h4-13,15H,3,14H2,1-2H3/b20-15+. The van der Waals surface area contributed by atoms with Crippen molar-refractivity contribution in [2.24, 2.45) is 0 Å². The van der Waals surface area contributed by atoms with Gasteiger partial charge in [-0.25, -0.2) is 0 Å². The molecule has 0 radical (unpaired) electrons. The molecule has 3 rings (SSSR count). The maximum absolute atomic E-state index is 9.69. The maximum Gasteiger partial charge on any atom is 0.127 e. The molecule has 0 aliphatic heterocycles. The Bertz CT molecular complexity index is 946. The molecule has 0 saturated carbocycles. The van der Waals surface area contributed by atoms with Crippen molar-refractivity contribution in [3.63, 3.8) is 0 Å². The third-order valence-electron chi connectivity index (χ3n) is 4.16. The lowest BCUT2D eigenvalue weighted by molar-refractivity contribution is 0.317. The van der Waals surface area contributed by atoms with Crippen molar-refractivity contribution in [3.05, 3.63) is 77.4 Å². The largest absolute Gasteiger partial charge is 0.493 e. The normalized spacial score (nSPS) is 11.3. The van der Waals surface area contributed by atoms with Crippen LogP contribution in [0.3, 0.4) is 0 Å². The van der Waals surface area contributed by atoms with E-state index in [-0.39, 0.29) is 0 Å². The Morgan fingerprint density at radius 3 is 2.52 bits per heavy atom. The number of nitriles is 1. The summed E-state index contributed by atoms with van der Waals surface area (Å²) in [6.45, 7) is 4.79. The SMILES string of the molecule is CCCOc1ccc2ccccc2c1/C=C(\C#N)c1ccc(C)cc1. The Labute approximate surface area is 149 Å². The van der Waals surface area contributed by atoms with E-state index in [1.54, 1.807) is 0 Å². The number of hydrogen-bond acceptors (Lipinski definition) is 2. The van der Waals surface area contributed by atoms with Crippen molar-refractivity contribution in [2.45, 2.75) is 20.3 Å². The Morgan fingerprint density at radius 2 is 1.80 bits per heavy atom. The molecule has 0 spiro atoms. The van der Waals surface area contributed by atoms with Gasteiger partial charge in [-0.3, -0.25) is 0 Å². The van der Waals surface area contributed by atoms with Crippen LogP contribution >= 0.6 is 0 Å². The lowest BCUT2D eigenvalue weighted by Crippen LogP contribution is -1.97. The molecule has 0 aliphatic carbocycles. The number of ether oxygens (including phenoxy) is 1. The summed E-state index contributed by atoms with van der Waals surface area (Å²) >= 11 is 0. The van der Waals surface area contributed by atoms with Crippen LogP contribution in [0.5, 0.6) is 5.75 Å². The molecule has 0 heterocycles. The van der Waals surface area contributed by atoms with E-state index in [1.807, 2.05) is 55.5 Å². The average Bonchev–Trinajstić information content (AvgIpc) is 2.65. The molecule has 124 valence electrons. The van der Waals surface area contributed by atoms with E-state index in [9.17, 15) is 5.26 Å². The molecule has 0 aliphatic rings. The highest BCUT2D eigenvalue weighted by Gasteiger charge is 2.09. The third kappa shape index (κ3) is 3.72. The molecule has 0 aromatic heterocycles. The molecule has 3 aromatic carbocycles. The molecular formula is C23H21NO. The lowest BCUT2D eigenvalue weighted by Gasteiger charge is -2.12. The van der Waals surface area contributed by atoms with Crippen LogP contribution in [0, 0.1) is 18.3 Å². The second-order valence-electron chi connectivity index (χ2n) is 6.08. The number of aryl methyl sites for hydroxylation is 1. The van der Waals surface area contributed by atoms with Gasteiger partial charge in [0.2, 0.25) is 0 Å². The van der Waals surface area contributed by atoms with Crippen LogP contribution in [-0.4, -0.2) is 6.61 Å². The molecule has 0 saturated heterocycles. The quantitative estimate of drug-likeness (QED) is 0.425. The van der Waals surface area contributed by atoms with Crippen LogP contribution in [-0.2, 0) is 0 Å². The van der Waals surface area contributed by atoms with Crippen LogP contribution in [0.1, 0.15) is 30.0 Å². The molecule has 0 fully saturated rings. The van der Waals surface area contributed by atoms with Crippen molar-refractivity contribution in [3.8, 4) is 11.8 Å². The summed E-state index contributed by atoms with van der Waals surface area (Å²) in [5.41, 5.74) is 3.70. The van der Waals surface area contributed by atoms with E-state index in [0.717, 1.165) is 34.1 Å². The predicted molar refractivity (Wildman–Crippen MR) is 104 cm³/mol. The fourth-order valence-electron chi connectivity index (χ4n) is 2.82. The highest BCUT2D eigenvalue weighted by Crippen LogP contribution is 2.32. The van der Waals surface area contributed by atoms with Gasteiger partial charge in [0, 0.05) is 5.56 Å². The Balaban J connectivity index is 2.17. The number of benzene rings is 3. The first kappa shape index (κ1) is 16.8. The molecule has 2 nitrogen and oxygen atoms in total. The molecule has 0 unspecified atom stereocenters.